The van der Waals surface area contributed by atoms with Crippen molar-refractivity contribution < 1.29 is 57.9 Å². The van der Waals surface area contributed by atoms with Gasteiger partial charge in [-0.3, -0.25) is 24.4 Å². The lowest BCUT2D eigenvalue weighted by Crippen LogP contribution is -2.61. The molecule has 0 aromatic carbocycles. The highest BCUT2D eigenvalue weighted by atomic mass is 28.2. The zero-order chi connectivity index (χ0) is 28.6. The molecule has 2 radical (unpaired) electrons. The number of amides is 1. The van der Waals surface area contributed by atoms with Crippen molar-refractivity contribution in [1.82, 2.24) is 5.32 Å². The predicted molar refractivity (Wildman–Crippen MR) is 120 cm³/mol. The molecular weight excluding hydrogens is 520 g/mol. The summed E-state index contributed by atoms with van der Waals surface area (Å²) >= 11 is 0. The molecule has 5 unspecified atom stereocenters. The molecule has 1 amide bonds. The lowest BCUT2D eigenvalue weighted by molar-refractivity contribution is -0.298. The number of carbonyl (C=O) groups excluding carboxylic acids is 5. The Labute approximate surface area is 214 Å². The second-order valence-corrected chi connectivity index (χ2v) is 8.54. The summed E-state index contributed by atoms with van der Waals surface area (Å²) in [5.41, 5.74) is 3.23. The number of rotatable bonds is 18. The molecule has 0 heterocycles. The second-order valence-electron chi connectivity index (χ2n) is 7.47. The SMILES string of the molecule is CCO[Si]CCCNC(=O)C(CC)(C(=O)ON)C(C(=O)ON)C(C(N)OO)C(CC(=O)ON)C(=O)ON. The molecule has 0 saturated carbocycles. The van der Waals surface area contributed by atoms with Gasteiger partial charge in [-0.2, -0.15) is 23.6 Å². The van der Waals surface area contributed by atoms with Crippen LogP contribution >= 0.6 is 0 Å². The van der Waals surface area contributed by atoms with Crippen LogP contribution in [0.1, 0.15) is 33.1 Å². The van der Waals surface area contributed by atoms with Gasteiger partial charge in [0.25, 0.3) is 0 Å². The normalized spacial score (nSPS) is 15.8. The lowest BCUT2D eigenvalue weighted by Gasteiger charge is -2.41. The van der Waals surface area contributed by atoms with E-state index in [4.69, 9.17) is 33.7 Å². The Morgan fingerprint density at radius 1 is 0.973 bits per heavy atom. The minimum absolute atomic E-state index is 0.0177. The number of carbonyl (C=O) groups is 5. The topological polar surface area (TPSA) is 303 Å². The molecule has 37 heavy (non-hydrogen) atoms. The van der Waals surface area contributed by atoms with Crippen LogP contribution in [-0.4, -0.2) is 64.2 Å². The van der Waals surface area contributed by atoms with Crippen molar-refractivity contribution in [2.75, 3.05) is 13.2 Å². The second kappa shape index (κ2) is 17.7. The van der Waals surface area contributed by atoms with Gasteiger partial charge in [-0.15, -0.1) is 0 Å². The Balaban J connectivity index is 6.84. The Morgan fingerprint density at radius 2 is 1.59 bits per heavy atom. The Morgan fingerprint density at radius 3 is 2.05 bits per heavy atom. The number of nitrogens with two attached hydrogens (primary N) is 5. The van der Waals surface area contributed by atoms with Gasteiger partial charge in [-0.25, -0.2) is 9.68 Å². The van der Waals surface area contributed by atoms with Crippen LogP contribution in [0.5, 0.6) is 0 Å². The first kappa shape index (κ1) is 34.2. The van der Waals surface area contributed by atoms with Crippen molar-refractivity contribution in [2.45, 2.75) is 45.4 Å². The first-order valence-electron chi connectivity index (χ1n) is 10.9. The molecule has 5 atom stereocenters. The van der Waals surface area contributed by atoms with E-state index in [2.05, 4.69) is 29.6 Å². The lowest BCUT2D eigenvalue weighted by atomic mass is 9.62. The molecule has 212 valence electrons. The highest BCUT2D eigenvalue weighted by Crippen LogP contribution is 2.44. The number of nitrogens with one attached hydrogen (secondary N) is 1. The van der Waals surface area contributed by atoms with E-state index < -0.39 is 72.0 Å². The van der Waals surface area contributed by atoms with Gasteiger partial charge in [0.1, 0.15) is 6.23 Å². The van der Waals surface area contributed by atoms with Crippen molar-refractivity contribution in [2.24, 2.45) is 52.5 Å². The predicted octanol–water partition coefficient (Wildman–Crippen LogP) is -3.36. The van der Waals surface area contributed by atoms with Crippen LogP contribution in [0, 0.1) is 23.2 Å². The van der Waals surface area contributed by atoms with Crippen molar-refractivity contribution >= 4 is 39.5 Å². The quantitative estimate of drug-likeness (QED) is 0.0217. The summed E-state index contributed by atoms with van der Waals surface area (Å²) in [6, 6.07) is 0.570. The molecule has 0 aromatic heterocycles. The van der Waals surface area contributed by atoms with Gasteiger partial charge < -0.3 is 34.8 Å². The van der Waals surface area contributed by atoms with Gasteiger partial charge in [-0.1, -0.05) is 6.92 Å². The fourth-order valence-electron chi connectivity index (χ4n) is 3.86. The molecule has 19 heteroatoms. The van der Waals surface area contributed by atoms with Gasteiger partial charge in [0, 0.05) is 19.1 Å². The molecular formula is C18H34N6O12Si. The molecule has 12 N–H and O–H groups in total. The van der Waals surface area contributed by atoms with E-state index in [9.17, 15) is 29.2 Å². The first-order chi connectivity index (χ1) is 17.6. The Bertz CT molecular complexity index is 777. The zero-order valence-corrected chi connectivity index (χ0v) is 21.4. The van der Waals surface area contributed by atoms with Gasteiger partial charge in [0.15, 0.2) is 5.41 Å². The van der Waals surface area contributed by atoms with Crippen LogP contribution in [0.2, 0.25) is 6.04 Å². The Hall–Kier alpha value is -2.75. The van der Waals surface area contributed by atoms with E-state index in [1.807, 2.05) is 6.92 Å². The summed E-state index contributed by atoms with van der Waals surface area (Å²) in [6.07, 6.45) is -3.09. The molecule has 0 aliphatic rings. The standard InChI is InChI=1S/C18H34N6O12Si/c1-3-18(17(29)35-23,16(28)24-6-5-7-37-31-4-2)12(15(27)34-22)11(13(19)36-30)9(14(26)33-21)8-10(25)32-20/h9,11-13,30H,3-8,19-23H2,1-2H3,(H,24,28). The third-order valence-corrected chi connectivity index (χ3v) is 6.66. The van der Waals surface area contributed by atoms with Crippen molar-refractivity contribution in [3.8, 4) is 0 Å². The van der Waals surface area contributed by atoms with E-state index >= 15 is 0 Å². The maximum absolute atomic E-state index is 13.5. The molecule has 18 nitrogen and oxygen atoms in total. The van der Waals surface area contributed by atoms with Crippen LogP contribution in [0.4, 0.5) is 0 Å². The molecule has 0 aromatic rings. The van der Waals surface area contributed by atoms with Crippen LogP contribution in [0.15, 0.2) is 0 Å². The molecule has 0 fully saturated rings. The minimum Gasteiger partial charge on any atom is -0.418 e. The summed E-state index contributed by atoms with van der Waals surface area (Å²) in [6.45, 7) is 3.64. The van der Waals surface area contributed by atoms with Crippen LogP contribution in [-0.2, 0) is 52.6 Å². The average molecular weight is 555 g/mol. The fourth-order valence-corrected chi connectivity index (χ4v) is 4.53. The fraction of sp³-hybridized carbons (Fsp3) is 0.722. The van der Waals surface area contributed by atoms with Crippen molar-refractivity contribution in [3.63, 3.8) is 0 Å². The van der Waals surface area contributed by atoms with Crippen LogP contribution in [0.3, 0.4) is 0 Å². The van der Waals surface area contributed by atoms with E-state index in [1.54, 1.807) is 0 Å². The third-order valence-electron chi connectivity index (χ3n) is 5.61. The largest absolute Gasteiger partial charge is 0.418 e. The van der Waals surface area contributed by atoms with Crippen molar-refractivity contribution in [3.05, 3.63) is 0 Å². The van der Waals surface area contributed by atoms with Gasteiger partial charge in [-0.05, 0) is 25.8 Å². The van der Waals surface area contributed by atoms with Crippen molar-refractivity contribution in [1.29, 1.82) is 0 Å². The summed E-state index contributed by atoms with van der Waals surface area (Å²) in [5.74, 6) is 7.28. The summed E-state index contributed by atoms with van der Waals surface area (Å²) in [7, 11) is 0.161. The first-order valence-corrected chi connectivity index (χ1v) is 12.0. The third kappa shape index (κ3) is 8.94. The van der Waals surface area contributed by atoms with Gasteiger partial charge >= 0.3 is 23.9 Å². The van der Waals surface area contributed by atoms with E-state index in [-0.39, 0.29) is 16.3 Å². The molecule has 0 rings (SSSR count). The molecule has 0 bridgehead atoms. The molecule has 0 saturated heterocycles. The Kier molecular flexibility index (Phi) is 16.3. The zero-order valence-electron chi connectivity index (χ0n) is 20.4. The molecule has 0 aliphatic carbocycles. The van der Waals surface area contributed by atoms with Gasteiger partial charge in [0.2, 0.25) is 15.7 Å². The van der Waals surface area contributed by atoms with Crippen LogP contribution in [0.25, 0.3) is 0 Å². The van der Waals surface area contributed by atoms with E-state index in [0.29, 0.717) is 19.1 Å². The maximum atomic E-state index is 13.5. The maximum Gasteiger partial charge on any atom is 0.340 e. The van der Waals surface area contributed by atoms with Gasteiger partial charge in [0.05, 0.1) is 18.3 Å². The smallest absolute Gasteiger partial charge is 0.340 e. The molecule has 0 aliphatic heterocycles. The highest BCUT2D eigenvalue weighted by molar-refractivity contribution is 6.27. The van der Waals surface area contributed by atoms with E-state index in [0.717, 1.165) is 0 Å². The summed E-state index contributed by atoms with van der Waals surface area (Å²) in [5, 5.41) is 11.8. The highest BCUT2D eigenvalue weighted by Gasteiger charge is 2.62. The number of hydrogen-bond acceptors (Lipinski definition) is 17. The monoisotopic (exact) mass is 554 g/mol. The summed E-state index contributed by atoms with van der Waals surface area (Å²) in [4.78, 5) is 85.0. The number of hydrogen-bond donors (Lipinski definition) is 7. The summed E-state index contributed by atoms with van der Waals surface area (Å²) < 4.78 is 5.24. The molecule has 0 spiro atoms. The van der Waals surface area contributed by atoms with Crippen LogP contribution < -0.4 is 34.6 Å². The van der Waals surface area contributed by atoms with E-state index in [1.165, 1.54) is 6.92 Å². The average Bonchev–Trinajstić information content (AvgIpc) is 2.92. The minimum atomic E-state index is -2.58.